The molecule has 2 rings (SSSR count). The number of benzene rings is 2. The fourth-order valence-electron chi connectivity index (χ4n) is 1.73. The van der Waals surface area contributed by atoms with Gasteiger partial charge >= 0.3 is 0 Å². The third-order valence-corrected chi connectivity index (χ3v) is 3.26. The number of hydrogen-bond acceptors (Lipinski definition) is 4. The monoisotopic (exact) mass is 306 g/mol. The molecule has 0 unspecified atom stereocenters. The smallest absolute Gasteiger partial charge is 0.282 e. The van der Waals surface area contributed by atoms with Gasteiger partial charge in [0.15, 0.2) is 0 Å². The molecule has 21 heavy (non-hydrogen) atoms. The Bertz CT molecular complexity index is 731. The van der Waals surface area contributed by atoms with E-state index >= 15 is 0 Å². The number of amides is 1. The molecule has 0 radical (unpaired) electrons. The Balaban J connectivity index is 2.34. The Labute approximate surface area is 125 Å². The van der Waals surface area contributed by atoms with Crippen molar-refractivity contribution in [3.63, 3.8) is 0 Å². The molecule has 7 heteroatoms. The van der Waals surface area contributed by atoms with Gasteiger partial charge in [0, 0.05) is 16.8 Å². The highest BCUT2D eigenvalue weighted by Gasteiger charge is 2.21. The van der Waals surface area contributed by atoms with Crippen molar-refractivity contribution >= 4 is 28.9 Å². The van der Waals surface area contributed by atoms with E-state index in [-0.39, 0.29) is 17.0 Å². The van der Waals surface area contributed by atoms with Gasteiger partial charge in [-0.15, -0.1) is 0 Å². The largest absolute Gasteiger partial charge is 0.508 e. The minimum Gasteiger partial charge on any atom is -0.508 e. The minimum atomic E-state index is -0.697. The van der Waals surface area contributed by atoms with Crippen LogP contribution in [0.5, 0.6) is 5.75 Å². The highest BCUT2D eigenvalue weighted by molar-refractivity contribution is 6.31. The van der Waals surface area contributed by atoms with E-state index in [2.05, 4.69) is 5.32 Å². The van der Waals surface area contributed by atoms with E-state index in [1.165, 1.54) is 0 Å². The van der Waals surface area contributed by atoms with Crippen LogP contribution in [0.3, 0.4) is 0 Å². The van der Waals surface area contributed by atoms with Crippen molar-refractivity contribution in [1.82, 2.24) is 0 Å². The number of nitrogens with one attached hydrogen (secondary N) is 1. The zero-order valence-corrected chi connectivity index (χ0v) is 11.7. The summed E-state index contributed by atoms with van der Waals surface area (Å²) in [7, 11) is 0. The maximum absolute atomic E-state index is 12.1. The minimum absolute atomic E-state index is 0.225. The lowest BCUT2D eigenvalue weighted by Crippen LogP contribution is -2.14. The van der Waals surface area contributed by atoms with Crippen LogP contribution in [0.25, 0.3) is 0 Å². The third kappa shape index (κ3) is 3.29. The van der Waals surface area contributed by atoms with Crippen molar-refractivity contribution < 1.29 is 14.8 Å². The fraction of sp³-hybridized carbons (Fsp3) is 0.0714. The Morgan fingerprint density at radius 1 is 1.29 bits per heavy atom. The molecule has 2 aromatic rings. The number of carbonyl (C=O) groups excluding carboxylic acids is 1. The second-order valence-electron chi connectivity index (χ2n) is 4.38. The molecule has 1 amide bonds. The number of aryl methyl sites for hydroxylation is 1. The molecule has 0 saturated carbocycles. The average Bonchev–Trinajstić information content (AvgIpc) is 2.42. The first-order chi connectivity index (χ1) is 9.88. The summed E-state index contributed by atoms with van der Waals surface area (Å²) in [6.07, 6.45) is 0. The quantitative estimate of drug-likeness (QED) is 0.670. The van der Waals surface area contributed by atoms with Crippen molar-refractivity contribution in [2.24, 2.45) is 0 Å². The molecular weight excluding hydrogens is 296 g/mol. The van der Waals surface area contributed by atoms with Crippen molar-refractivity contribution in [3.8, 4) is 5.75 Å². The van der Waals surface area contributed by atoms with Crippen molar-refractivity contribution in [1.29, 1.82) is 0 Å². The summed E-state index contributed by atoms with van der Waals surface area (Å²) in [5.74, 6) is -0.926. The first kappa shape index (κ1) is 14.8. The molecule has 0 fully saturated rings. The van der Waals surface area contributed by atoms with Crippen molar-refractivity contribution in [2.75, 3.05) is 5.32 Å². The Morgan fingerprint density at radius 2 is 2.00 bits per heavy atom. The van der Waals surface area contributed by atoms with Gasteiger partial charge in [0.1, 0.15) is 11.3 Å². The van der Waals surface area contributed by atoms with E-state index in [4.69, 9.17) is 11.6 Å². The first-order valence-corrected chi connectivity index (χ1v) is 6.31. The van der Waals surface area contributed by atoms with Crippen LogP contribution in [0.1, 0.15) is 15.9 Å². The Kier molecular flexibility index (Phi) is 4.09. The summed E-state index contributed by atoms with van der Waals surface area (Å²) in [5.41, 5.74) is 0.645. The number of nitrogens with zero attached hydrogens (tertiary/aromatic N) is 1. The number of carbonyl (C=O) groups is 1. The SMILES string of the molecule is Cc1ccc(NC(=O)c2cc(O)ccc2[N+](=O)[O-])cc1Cl. The van der Waals surface area contributed by atoms with E-state index < -0.39 is 10.8 Å². The number of phenolic OH excluding ortho intramolecular Hbond substituents is 1. The number of anilines is 1. The molecule has 0 aromatic heterocycles. The van der Waals surface area contributed by atoms with Gasteiger partial charge in [-0.25, -0.2) is 0 Å². The first-order valence-electron chi connectivity index (χ1n) is 5.93. The summed E-state index contributed by atoms with van der Waals surface area (Å²) >= 11 is 5.95. The molecule has 0 aliphatic carbocycles. The molecule has 0 bridgehead atoms. The Hall–Kier alpha value is -2.60. The second-order valence-corrected chi connectivity index (χ2v) is 4.78. The van der Waals surface area contributed by atoms with Crippen molar-refractivity contribution in [2.45, 2.75) is 6.92 Å². The molecule has 2 N–H and O–H groups in total. The third-order valence-electron chi connectivity index (χ3n) is 2.85. The summed E-state index contributed by atoms with van der Waals surface area (Å²) in [4.78, 5) is 22.3. The molecule has 0 aliphatic rings. The lowest BCUT2D eigenvalue weighted by Gasteiger charge is -2.07. The maximum atomic E-state index is 12.1. The molecular formula is C14H11ClN2O4. The van der Waals surface area contributed by atoms with Crippen LogP contribution >= 0.6 is 11.6 Å². The Morgan fingerprint density at radius 3 is 2.62 bits per heavy atom. The standard InChI is InChI=1S/C14H11ClN2O4/c1-8-2-3-9(6-12(8)15)16-14(19)11-7-10(18)4-5-13(11)17(20)21/h2-7,18H,1H3,(H,16,19). The predicted octanol–water partition coefficient (Wildman–Crippen LogP) is 3.51. The number of hydrogen-bond donors (Lipinski definition) is 2. The van der Waals surface area contributed by atoms with Crippen LogP contribution in [0.2, 0.25) is 5.02 Å². The molecule has 0 spiro atoms. The van der Waals surface area contributed by atoms with E-state index in [1.807, 2.05) is 6.92 Å². The summed E-state index contributed by atoms with van der Waals surface area (Å²) in [6, 6.07) is 8.17. The van der Waals surface area contributed by atoms with Crippen LogP contribution < -0.4 is 5.32 Å². The summed E-state index contributed by atoms with van der Waals surface area (Å²) in [5, 5.41) is 23.3. The molecule has 0 atom stereocenters. The fourth-order valence-corrected chi connectivity index (χ4v) is 1.91. The maximum Gasteiger partial charge on any atom is 0.282 e. The number of halogens is 1. The number of rotatable bonds is 3. The zero-order valence-electron chi connectivity index (χ0n) is 11.0. The molecule has 6 nitrogen and oxygen atoms in total. The van der Waals surface area contributed by atoms with Gasteiger partial charge in [-0.2, -0.15) is 0 Å². The van der Waals surface area contributed by atoms with Gasteiger partial charge in [-0.1, -0.05) is 17.7 Å². The van der Waals surface area contributed by atoms with Gasteiger partial charge in [0.2, 0.25) is 0 Å². The highest BCUT2D eigenvalue weighted by atomic mass is 35.5. The topological polar surface area (TPSA) is 92.5 Å². The molecule has 108 valence electrons. The lowest BCUT2D eigenvalue weighted by molar-refractivity contribution is -0.385. The summed E-state index contributed by atoms with van der Waals surface area (Å²) in [6.45, 7) is 1.81. The average molecular weight is 307 g/mol. The highest BCUT2D eigenvalue weighted by Crippen LogP contribution is 2.25. The van der Waals surface area contributed by atoms with E-state index in [0.717, 1.165) is 23.8 Å². The zero-order chi connectivity index (χ0) is 15.6. The second kappa shape index (κ2) is 5.80. The van der Waals surface area contributed by atoms with Crippen LogP contribution in [-0.4, -0.2) is 15.9 Å². The van der Waals surface area contributed by atoms with E-state index in [9.17, 15) is 20.0 Å². The summed E-state index contributed by atoms with van der Waals surface area (Å²) < 4.78 is 0. The van der Waals surface area contributed by atoms with Gasteiger partial charge < -0.3 is 10.4 Å². The number of aromatic hydroxyl groups is 1. The number of phenols is 1. The van der Waals surface area contributed by atoms with Crippen LogP contribution in [0.15, 0.2) is 36.4 Å². The van der Waals surface area contributed by atoms with Crippen molar-refractivity contribution in [3.05, 3.63) is 62.7 Å². The number of nitro groups is 1. The lowest BCUT2D eigenvalue weighted by atomic mass is 10.1. The van der Waals surface area contributed by atoms with Gasteiger partial charge in [0.25, 0.3) is 11.6 Å². The molecule has 0 heterocycles. The molecule has 0 saturated heterocycles. The van der Waals surface area contributed by atoms with Crippen LogP contribution in [-0.2, 0) is 0 Å². The van der Waals surface area contributed by atoms with E-state index in [0.29, 0.717) is 10.7 Å². The number of nitro benzene ring substituents is 1. The van der Waals surface area contributed by atoms with Gasteiger partial charge in [-0.05, 0) is 36.8 Å². The van der Waals surface area contributed by atoms with Gasteiger partial charge in [0.05, 0.1) is 4.92 Å². The van der Waals surface area contributed by atoms with Gasteiger partial charge in [-0.3, -0.25) is 14.9 Å². The van der Waals surface area contributed by atoms with Crippen LogP contribution in [0.4, 0.5) is 11.4 Å². The normalized spacial score (nSPS) is 10.2. The predicted molar refractivity (Wildman–Crippen MR) is 78.9 cm³/mol. The van der Waals surface area contributed by atoms with E-state index in [1.54, 1.807) is 18.2 Å². The molecule has 2 aromatic carbocycles. The van der Waals surface area contributed by atoms with Crippen LogP contribution in [0, 0.1) is 17.0 Å². The molecule has 0 aliphatic heterocycles.